The molecule has 0 aliphatic rings. The van der Waals surface area contributed by atoms with Crippen molar-refractivity contribution in [1.29, 1.82) is 0 Å². The molecule has 6 heteroatoms. The molecule has 2 aromatic rings. The molecule has 0 atom stereocenters. The molecule has 0 saturated carbocycles. The fourth-order valence-electron chi connectivity index (χ4n) is 2.23. The average molecular weight is 299 g/mol. The number of esters is 1. The number of carbonyl (C=O) groups excluding carboxylic acids is 1. The van der Waals surface area contributed by atoms with Crippen molar-refractivity contribution in [2.75, 3.05) is 14.2 Å². The topological polar surface area (TPSA) is 65.0 Å². The molecule has 5 nitrogen and oxygen atoms in total. The van der Waals surface area contributed by atoms with Gasteiger partial charge < -0.3 is 19.2 Å². The maximum absolute atomic E-state index is 11.5. The molecule has 1 N–H and O–H groups in total. The van der Waals surface area contributed by atoms with Crippen LogP contribution < -0.4 is 9.39 Å². The first-order chi connectivity index (χ1) is 10.6. The van der Waals surface area contributed by atoms with Crippen LogP contribution in [0.1, 0.15) is 15.9 Å². The van der Waals surface area contributed by atoms with Crippen molar-refractivity contribution in [1.82, 2.24) is 0 Å². The van der Waals surface area contributed by atoms with Crippen LogP contribution in [0.15, 0.2) is 36.4 Å². The molecule has 0 unspecified atom stereocenters. The molecule has 2 aromatic carbocycles. The van der Waals surface area contributed by atoms with Crippen molar-refractivity contribution in [3.05, 3.63) is 47.5 Å². The molecule has 2 rings (SSSR count). The smallest absolute Gasteiger partial charge is 0.535 e. The second-order valence-electron chi connectivity index (χ2n) is 4.61. The summed E-state index contributed by atoms with van der Waals surface area (Å²) in [6, 6.07) is 10.7. The quantitative estimate of drug-likeness (QED) is 0.678. The van der Waals surface area contributed by atoms with E-state index in [1.807, 2.05) is 19.1 Å². The van der Waals surface area contributed by atoms with Crippen LogP contribution in [0.3, 0.4) is 0 Å². The van der Waals surface area contributed by atoms with Crippen LogP contribution >= 0.6 is 0 Å². The summed E-state index contributed by atoms with van der Waals surface area (Å²) in [5.41, 5.74) is 3.24. The first-order valence-corrected chi connectivity index (χ1v) is 6.60. The summed E-state index contributed by atoms with van der Waals surface area (Å²) in [5, 5.41) is 8.83. The molecule has 0 fully saturated rings. The van der Waals surface area contributed by atoms with Gasteiger partial charge in [-0.15, -0.1) is 0 Å². The Morgan fingerprint density at radius 3 is 2.45 bits per heavy atom. The van der Waals surface area contributed by atoms with Crippen molar-refractivity contribution in [3.63, 3.8) is 0 Å². The number of aryl methyl sites for hydroxylation is 1. The molecule has 0 amide bonds. The summed E-state index contributed by atoms with van der Waals surface area (Å²) in [5.74, 6) is 0.542. The molecule has 0 bridgehead atoms. The van der Waals surface area contributed by atoms with E-state index in [-0.39, 0.29) is 5.97 Å². The van der Waals surface area contributed by atoms with E-state index in [0.29, 0.717) is 24.7 Å². The standard InChI is InChI=1S/C16H16BO5/c1-10-8-12(16(18)21-3)4-6-13(10)11-5-7-14(20-2)15(9-11)22-17-19/h4-9,19H,1-3H3. The third kappa shape index (κ3) is 3.23. The molecular formula is C16H16BO5. The number of methoxy groups -OCH3 is 2. The second-order valence-corrected chi connectivity index (χ2v) is 4.61. The van der Waals surface area contributed by atoms with E-state index < -0.39 is 0 Å². The number of carbonyl (C=O) groups is 1. The normalized spacial score (nSPS) is 10.0. The SMILES string of the molecule is COC(=O)c1ccc(-c2ccc(OC)c(O[B]O)c2)c(C)c1. The third-order valence-electron chi connectivity index (χ3n) is 3.30. The van der Waals surface area contributed by atoms with Crippen LogP contribution in [0, 0.1) is 6.92 Å². The lowest BCUT2D eigenvalue weighted by Crippen LogP contribution is -2.03. The van der Waals surface area contributed by atoms with Gasteiger partial charge in [0.05, 0.1) is 19.8 Å². The number of hydrogen-bond donors (Lipinski definition) is 1. The first-order valence-electron chi connectivity index (χ1n) is 6.60. The molecule has 0 heterocycles. The van der Waals surface area contributed by atoms with Gasteiger partial charge >= 0.3 is 13.7 Å². The highest BCUT2D eigenvalue weighted by atomic mass is 16.5. The second kappa shape index (κ2) is 7.00. The van der Waals surface area contributed by atoms with Gasteiger partial charge in [0, 0.05) is 0 Å². The minimum absolute atomic E-state index is 0.372. The van der Waals surface area contributed by atoms with Gasteiger partial charge in [-0.3, -0.25) is 0 Å². The van der Waals surface area contributed by atoms with Gasteiger partial charge in [0.15, 0.2) is 5.75 Å². The predicted octanol–water partition coefficient (Wildman–Crippen LogP) is 2.36. The first kappa shape index (κ1) is 15.9. The van der Waals surface area contributed by atoms with Crippen molar-refractivity contribution in [2.45, 2.75) is 6.92 Å². The zero-order chi connectivity index (χ0) is 16.1. The molecule has 113 valence electrons. The van der Waals surface area contributed by atoms with E-state index in [1.54, 1.807) is 24.3 Å². The van der Waals surface area contributed by atoms with Crippen molar-refractivity contribution >= 4 is 13.7 Å². The molecule has 0 spiro atoms. The van der Waals surface area contributed by atoms with E-state index in [9.17, 15) is 4.79 Å². The lowest BCUT2D eigenvalue weighted by molar-refractivity contribution is 0.0600. The molecule has 0 saturated heterocycles. The Balaban J connectivity index is 2.43. The van der Waals surface area contributed by atoms with Gasteiger partial charge in [-0.2, -0.15) is 0 Å². The van der Waals surface area contributed by atoms with E-state index in [1.165, 1.54) is 14.2 Å². The van der Waals surface area contributed by atoms with Crippen LogP contribution in [-0.2, 0) is 4.74 Å². The molecule has 0 aromatic heterocycles. The largest absolute Gasteiger partial charge is 0.569 e. The summed E-state index contributed by atoms with van der Waals surface area (Å²) in [6.07, 6.45) is 0. The fourth-order valence-corrected chi connectivity index (χ4v) is 2.23. The lowest BCUT2D eigenvalue weighted by atomic mass is 9.98. The Hall–Kier alpha value is -2.47. The lowest BCUT2D eigenvalue weighted by Gasteiger charge is -2.12. The monoisotopic (exact) mass is 299 g/mol. The zero-order valence-corrected chi connectivity index (χ0v) is 12.6. The summed E-state index contributed by atoms with van der Waals surface area (Å²) < 4.78 is 14.9. The maximum atomic E-state index is 11.5. The molecule has 0 aliphatic heterocycles. The van der Waals surface area contributed by atoms with Crippen LogP contribution in [0.2, 0.25) is 0 Å². The molecule has 1 radical (unpaired) electrons. The predicted molar refractivity (Wildman–Crippen MR) is 83.1 cm³/mol. The highest BCUT2D eigenvalue weighted by molar-refractivity contribution is 6.17. The molecule has 22 heavy (non-hydrogen) atoms. The van der Waals surface area contributed by atoms with Crippen LogP contribution in [0.4, 0.5) is 0 Å². The van der Waals surface area contributed by atoms with Crippen LogP contribution in [0.5, 0.6) is 11.5 Å². The molecule has 0 aliphatic carbocycles. The van der Waals surface area contributed by atoms with E-state index in [2.05, 4.69) is 0 Å². The van der Waals surface area contributed by atoms with Crippen molar-refractivity contribution < 1.29 is 23.9 Å². The number of benzene rings is 2. The van der Waals surface area contributed by atoms with E-state index in [4.69, 9.17) is 19.2 Å². The van der Waals surface area contributed by atoms with Crippen LogP contribution in [-0.4, -0.2) is 32.9 Å². The third-order valence-corrected chi connectivity index (χ3v) is 3.30. The van der Waals surface area contributed by atoms with Gasteiger partial charge in [0.2, 0.25) is 0 Å². The minimum atomic E-state index is -0.372. The Morgan fingerprint density at radius 2 is 1.86 bits per heavy atom. The Kier molecular flexibility index (Phi) is 5.06. The summed E-state index contributed by atoms with van der Waals surface area (Å²) in [6.45, 7) is 1.91. The Morgan fingerprint density at radius 1 is 1.09 bits per heavy atom. The number of ether oxygens (including phenoxy) is 2. The van der Waals surface area contributed by atoms with Crippen molar-refractivity contribution in [2.24, 2.45) is 0 Å². The molecular weight excluding hydrogens is 283 g/mol. The Bertz CT molecular complexity index is 684. The van der Waals surface area contributed by atoms with Gasteiger partial charge in [0.25, 0.3) is 0 Å². The number of rotatable bonds is 5. The van der Waals surface area contributed by atoms with E-state index in [0.717, 1.165) is 16.7 Å². The Labute approximate surface area is 129 Å². The number of hydrogen-bond acceptors (Lipinski definition) is 5. The maximum Gasteiger partial charge on any atom is 0.569 e. The average Bonchev–Trinajstić information content (AvgIpc) is 2.54. The summed E-state index contributed by atoms with van der Waals surface area (Å²) in [4.78, 5) is 11.5. The highest BCUT2D eigenvalue weighted by Crippen LogP contribution is 2.33. The van der Waals surface area contributed by atoms with Gasteiger partial charge in [-0.1, -0.05) is 12.1 Å². The van der Waals surface area contributed by atoms with Crippen molar-refractivity contribution in [3.8, 4) is 22.6 Å². The van der Waals surface area contributed by atoms with Crippen LogP contribution in [0.25, 0.3) is 11.1 Å². The van der Waals surface area contributed by atoms with Gasteiger partial charge in [-0.05, 0) is 47.9 Å². The van der Waals surface area contributed by atoms with Gasteiger partial charge in [-0.25, -0.2) is 4.79 Å². The zero-order valence-electron chi connectivity index (χ0n) is 12.6. The van der Waals surface area contributed by atoms with E-state index >= 15 is 0 Å². The summed E-state index contributed by atoms with van der Waals surface area (Å²) in [7, 11) is 3.48. The highest BCUT2D eigenvalue weighted by Gasteiger charge is 2.11. The van der Waals surface area contributed by atoms with Gasteiger partial charge in [0.1, 0.15) is 5.75 Å². The summed E-state index contributed by atoms with van der Waals surface area (Å²) >= 11 is 0. The minimum Gasteiger partial charge on any atom is -0.535 e. The fraction of sp³-hybridized carbons (Fsp3) is 0.188.